The molecule has 0 bridgehead atoms. The number of benzene rings is 2. The van der Waals surface area contributed by atoms with Crippen LogP contribution in [-0.2, 0) is 16.4 Å². The Morgan fingerprint density at radius 3 is 2.12 bits per heavy atom. The summed E-state index contributed by atoms with van der Waals surface area (Å²) >= 11 is 0. The first kappa shape index (κ1) is 18.9. The van der Waals surface area contributed by atoms with E-state index in [0.29, 0.717) is 19.7 Å². The summed E-state index contributed by atoms with van der Waals surface area (Å²) in [5.74, 6) is 0.872. The van der Waals surface area contributed by atoms with Crippen LogP contribution in [0.15, 0.2) is 54.6 Å². The number of nitrogens with zero attached hydrogens (tertiary/aromatic N) is 2. The van der Waals surface area contributed by atoms with E-state index in [1.54, 1.807) is 0 Å². The summed E-state index contributed by atoms with van der Waals surface area (Å²) in [5, 5.41) is 0. The molecule has 0 aromatic heterocycles. The molecular weight excluding hydrogens is 348 g/mol. The van der Waals surface area contributed by atoms with E-state index in [1.165, 1.54) is 21.7 Å². The van der Waals surface area contributed by atoms with Crippen LogP contribution in [-0.4, -0.2) is 63.2 Å². The maximum absolute atomic E-state index is 11.5. The Labute approximate surface area is 156 Å². The van der Waals surface area contributed by atoms with Crippen LogP contribution in [0, 0.1) is 0 Å². The van der Waals surface area contributed by atoms with Gasteiger partial charge in [0.25, 0.3) is 0 Å². The van der Waals surface area contributed by atoms with E-state index in [-0.39, 0.29) is 0 Å². The van der Waals surface area contributed by atoms with Crippen molar-refractivity contribution in [1.29, 1.82) is 0 Å². The fraction of sp³-hybridized carbons (Fsp3) is 0.400. The molecule has 0 radical (unpaired) electrons. The van der Waals surface area contributed by atoms with Gasteiger partial charge in [-0.15, -0.1) is 0 Å². The average molecular weight is 375 g/mol. The maximum Gasteiger partial charge on any atom is 0.211 e. The van der Waals surface area contributed by atoms with E-state index >= 15 is 0 Å². The molecule has 0 aliphatic carbocycles. The van der Waals surface area contributed by atoms with Gasteiger partial charge in [0.05, 0.1) is 6.26 Å². The average Bonchev–Trinajstić information content (AvgIpc) is 2.64. The van der Waals surface area contributed by atoms with Crippen LogP contribution in [0.25, 0.3) is 0 Å². The largest absolute Gasteiger partial charge is 0.492 e. The fourth-order valence-corrected chi connectivity index (χ4v) is 3.94. The predicted octanol–water partition coefficient (Wildman–Crippen LogP) is 2.23. The summed E-state index contributed by atoms with van der Waals surface area (Å²) in [7, 11) is -3.06. The first-order valence-corrected chi connectivity index (χ1v) is 10.8. The fourth-order valence-electron chi connectivity index (χ4n) is 3.11. The van der Waals surface area contributed by atoms with Gasteiger partial charge in [0.15, 0.2) is 0 Å². The molecule has 1 aliphatic rings. The summed E-state index contributed by atoms with van der Waals surface area (Å²) in [5.41, 5.74) is 2.56. The SMILES string of the molecule is CS(=O)(=O)N1CCN(CCOc2ccc(Cc3ccccc3)cc2)CC1. The van der Waals surface area contributed by atoms with Gasteiger partial charge in [-0.25, -0.2) is 8.42 Å². The molecule has 0 spiro atoms. The van der Waals surface area contributed by atoms with Crippen molar-refractivity contribution in [2.75, 3.05) is 45.6 Å². The number of ether oxygens (including phenoxy) is 1. The van der Waals surface area contributed by atoms with Gasteiger partial charge in [-0.3, -0.25) is 4.90 Å². The lowest BCUT2D eigenvalue weighted by atomic mass is 10.1. The highest BCUT2D eigenvalue weighted by Crippen LogP contribution is 2.15. The highest BCUT2D eigenvalue weighted by Gasteiger charge is 2.22. The quantitative estimate of drug-likeness (QED) is 0.746. The van der Waals surface area contributed by atoms with E-state index in [2.05, 4.69) is 41.3 Å². The molecule has 1 fully saturated rings. The third kappa shape index (κ3) is 5.56. The van der Waals surface area contributed by atoms with Crippen LogP contribution in [0.5, 0.6) is 5.75 Å². The summed E-state index contributed by atoms with van der Waals surface area (Å²) in [6.45, 7) is 4.05. The van der Waals surface area contributed by atoms with Crippen LogP contribution in [0.3, 0.4) is 0 Å². The summed E-state index contributed by atoms with van der Waals surface area (Å²) in [4.78, 5) is 2.24. The molecule has 0 N–H and O–H groups in total. The Morgan fingerprint density at radius 2 is 1.50 bits per heavy atom. The Morgan fingerprint density at radius 1 is 0.885 bits per heavy atom. The molecule has 1 aliphatic heterocycles. The number of piperazine rings is 1. The van der Waals surface area contributed by atoms with Crippen molar-refractivity contribution in [3.63, 3.8) is 0 Å². The monoisotopic (exact) mass is 374 g/mol. The highest BCUT2D eigenvalue weighted by molar-refractivity contribution is 7.88. The van der Waals surface area contributed by atoms with Crippen molar-refractivity contribution < 1.29 is 13.2 Å². The van der Waals surface area contributed by atoms with Gasteiger partial charge >= 0.3 is 0 Å². The van der Waals surface area contributed by atoms with E-state index in [4.69, 9.17) is 4.74 Å². The number of sulfonamides is 1. The summed E-state index contributed by atoms with van der Waals surface area (Å²) < 4.78 is 30.4. The van der Waals surface area contributed by atoms with Crippen LogP contribution in [0.1, 0.15) is 11.1 Å². The molecule has 2 aromatic rings. The predicted molar refractivity (Wildman–Crippen MR) is 104 cm³/mol. The third-order valence-corrected chi connectivity index (χ3v) is 5.95. The Kier molecular flexibility index (Phi) is 6.29. The van der Waals surface area contributed by atoms with Crippen LogP contribution < -0.4 is 4.74 Å². The lowest BCUT2D eigenvalue weighted by molar-refractivity contribution is 0.159. The molecule has 3 rings (SSSR count). The molecule has 6 heteroatoms. The molecule has 5 nitrogen and oxygen atoms in total. The van der Waals surface area contributed by atoms with Gasteiger partial charge in [-0.1, -0.05) is 42.5 Å². The van der Waals surface area contributed by atoms with Crippen LogP contribution >= 0.6 is 0 Å². The molecule has 140 valence electrons. The molecular formula is C20H26N2O3S. The number of rotatable bonds is 7. The first-order chi connectivity index (χ1) is 12.5. The molecule has 1 heterocycles. The van der Waals surface area contributed by atoms with E-state index in [1.807, 2.05) is 18.2 Å². The van der Waals surface area contributed by atoms with Crippen molar-refractivity contribution in [3.8, 4) is 5.75 Å². The summed E-state index contributed by atoms with van der Waals surface area (Å²) in [6, 6.07) is 18.6. The second-order valence-corrected chi connectivity index (χ2v) is 8.64. The van der Waals surface area contributed by atoms with Crippen molar-refractivity contribution >= 4 is 10.0 Å². The van der Waals surface area contributed by atoms with Gasteiger partial charge in [0.1, 0.15) is 12.4 Å². The lowest BCUT2D eigenvalue weighted by Gasteiger charge is -2.33. The Balaban J connectivity index is 1.40. The second kappa shape index (κ2) is 8.66. The molecule has 2 aromatic carbocycles. The molecule has 0 unspecified atom stereocenters. The smallest absolute Gasteiger partial charge is 0.211 e. The topological polar surface area (TPSA) is 49.9 Å². The van der Waals surface area contributed by atoms with Crippen molar-refractivity contribution in [2.24, 2.45) is 0 Å². The van der Waals surface area contributed by atoms with Crippen LogP contribution in [0.2, 0.25) is 0 Å². The Hall–Kier alpha value is -1.89. The lowest BCUT2D eigenvalue weighted by Crippen LogP contribution is -2.49. The van der Waals surface area contributed by atoms with E-state index in [0.717, 1.165) is 31.8 Å². The summed E-state index contributed by atoms with van der Waals surface area (Å²) in [6.07, 6.45) is 2.19. The van der Waals surface area contributed by atoms with Crippen molar-refractivity contribution in [2.45, 2.75) is 6.42 Å². The standard InChI is InChI=1S/C20H26N2O3S/c1-26(23,24)22-13-11-21(12-14-22)15-16-25-20-9-7-19(8-10-20)17-18-5-3-2-4-6-18/h2-10H,11-17H2,1H3. The highest BCUT2D eigenvalue weighted by atomic mass is 32.2. The minimum atomic E-state index is -3.06. The number of hydrogen-bond donors (Lipinski definition) is 0. The van der Waals surface area contributed by atoms with Crippen LogP contribution in [0.4, 0.5) is 0 Å². The van der Waals surface area contributed by atoms with Gasteiger partial charge in [-0.05, 0) is 29.7 Å². The first-order valence-electron chi connectivity index (χ1n) is 8.94. The normalized spacial score (nSPS) is 16.5. The van der Waals surface area contributed by atoms with Crippen molar-refractivity contribution in [1.82, 2.24) is 9.21 Å². The Bertz CT molecular complexity index is 784. The van der Waals surface area contributed by atoms with Gasteiger partial charge < -0.3 is 4.74 Å². The zero-order chi connectivity index (χ0) is 18.4. The van der Waals surface area contributed by atoms with Gasteiger partial charge in [0.2, 0.25) is 10.0 Å². The minimum absolute atomic E-state index is 0.563. The number of hydrogen-bond acceptors (Lipinski definition) is 4. The zero-order valence-electron chi connectivity index (χ0n) is 15.2. The minimum Gasteiger partial charge on any atom is -0.492 e. The van der Waals surface area contributed by atoms with Gasteiger partial charge in [-0.2, -0.15) is 4.31 Å². The molecule has 0 atom stereocenters. The third-order valence-electron chi connectivity index (χ3n) is 4.65. The molecule has 0 amide bonds. The van der Waals surface area contributed by atoms with E-state index < -0.39 is 10.0 Å². The van der Waals surface area contributed by atoms with Crippen molar-refractivity contribution in [3.05, 3.63) is 65.7 Å². The molecule has 26 heavy (non-hydrogen) atoms. The second-order valence-electron chi connectivity index (χ2n) is 6.66. The van der Waals surface area contributed by atoms with E-state index in [9.17, 15) is 8.42 Å². The molecule has 1 saturated heterocycles. The molecule has 0 saturated carbocycles. The maximum atomic E-state index is 11.5. The zero-order valence-corrected chi connectivity index (χ0v) is 16.0. The van der Waals surface area contributed by atoms with Gasteiger partial charge in [0, 0.05) is 32.7 Å².